The van der Waals surface area contributed by atoms with Crippen molar-refractivity contribution in [2.45, 2.75) is 12.8 Å². The number of aliphatic carboxylic acids is 1. The molecule has 2 rings (SSSR count). The molecule has 1 aromatic carbocycles. The zero-order chi connectivity index (χ0) is 11.8. The van der Waals surface area contributed by atoms with E-state index in [0.717, 1.165) is 12.1 Å². The lowest BCUT2D eigenvalue weighted by Crippen LogP contribution is -2.24. The summed E-state index contributed by atoms with van der Waals surface area (Å²) in [5, 5.41) is 11.6. The number of hydrogen-bond acceptors (Lipinski definition) is 2. The zero-order valence-electron chi connectivity index (χ0n) is 8.46. The number of anilines is 1. The molecule has 0 bridgehead atoms. The minimum Gasteiger partial charge on any atom is -0.481 e. The third kappa shape index (κ3) is 1.98. The number of benzene rings is 1. The predicted octanol–water partition coefficient (Wildman–Crippen LogP) is 2.24. The third-order valence-electron chi connectivity index (χ3n) is 2.86. The molecular weight excluding hydrogens is 216 g/mol. The van der Waals surface area contributed by atoms with E-state index in [1.807, 2.05) is 0 Å². The molecule has 0 heterocycles. The Balaban J connectivity index is 2.03. The van der Waals surface area contributed by atoms with Crippen LogP contribution in [-0.4, -0.2) is 17.6 Å². The van der Waals surface area contributed by atoms with Crippen molar-refractivity contribution in [2.75, 3.05) is 11.9 Å². The molecule has 2 N–H and O–H groups in total. The van der Waals surface area contributed by atoms with Crippen LogP contribution >= 0.6 is 0 Å². The van der Waals surface area contributed by atoms with Gasteiger partial charge in [0.1, 0.15) is 11.6 Å². The molecule has 0 radical (unpaired) electrons. The van der Waals surface area contributed by atoms with Gasteiger partial charge in [0.2, 0.25) is 0 Å². The van der Waals surface area contributed by atoms with Crippen LogP contribution in [0.25, 0.3) is 0 Å². The van der Waals surface area contributed by atoms with Crippen LogP contribution in [-0.2, 0) is 4.79 Å². The second kappa shape index (κ2) is 3.73. The molecule has 1 saturated carbocycles. The maximum atomic E-state index is 13.2. The third-order valence-corrected chi connectivity index (χ3v) is 2.86. The zero-order valence-corrected chi connectivity index (χ0v) is 8.46. The summed E-state index contributed by atoms with van der Waals surface area (Å²) in [7, 11) is 0. The number of nitrogens with one attached hydrogen (secondary N) is 1. The van der Waals surface area contributed by atoms with Crippen LogP contribution in [0.2, 0.25) is 0 Å². The van der Waals surface area contributed by atoms with E-state index in [-0.39, 0.29) is 12.2 Å². The van der Waals surface area contributed by atoms with Gasteiger partial charge in [-0.25, -0.2) is 8.78 Å². The first-order valence-corrected chi connectivity index (χ1v) is 4.96. The molecule has 0 saturated heterocycles. The molecule has 86 valence electrons. The second-order valence-corrected chi connectivity index (χ2v) is 4.06. The molecule has 0 spiro atoms. The van der Waals surface area contributed by atoms with E-state index in [9.17, 15) is 13.6 Å². The number of hydrogen-bond donors (Lipinski definition) is 2. The van der Waals surface area contributed by atoms with E-state index in [1.54, 1.807) is 0 Å². The van der Waals surface area contributed by atoms with E-state index in [1.165, 1.54) is 6.07 Å². The molecule has 0 aromatic heterocycles. The summed E-state index contributed by atoms with van der Waals surface area (Å²) in [5.74, 6) is -2.23. The number of halogens is 2. The first-order chi connectivity index (χ1) is 7.53. The van der Waals surface area contributed by atoms with Gasteiger partial charge >= 0.3 is 5.97 Å². The van der Waals surface area contributed by atoms with Crippen LogP contribution < -0.4 is 5.32 Å². The summed E-state index contributed by atoms with van der Waals surface area (Å²) in [4.78, 5) is 10.9. The smallest absolute Gasteiger partial charge is 0.311 e. The Hall–Kier alpha value is -1.65. The van der Waals surface area contributed by atoms with Crippen molar-refractivity contribution < 1.29 is 18.7 Å². The van der Waals surface area contributed by atoms with E-state index in [4.69, 9.17) is 5.11 Å². The Bertz CT molecular complexity index is 430. The van der Waals surface area contributed by atoms with Gasteiger partial charge in [0, 0.05) is 12.6 Å². The van der Waals surface area contributed by atoms with Crippen LogP contribution in [0, 0.1) is 17.0 Å². The molecule has 16 heavy (non-hydrogen) atoms. The van der Waals surface area contributed by atoms with E-state index >= 15 is 0 Å². The van der Waals surface area contributed by atoms with Crippen molar-refractivity contribution in [3.05, 3.63) is 29.8 Å². The van der Waals surface area contributed by atoms with Crippen molar-refractivity contribution in [3.63, 3.8) is 0 Å². The molecule has 1 fully saturated rings. The summed E-state index contributed by atoms with van der Waals surface area (Å²) in [5.41, 5.74) is -0.630. The Labute approximate surface area is 91.1 Å². The molecule has 1 aliphatic carbocycles. The highest BCUT2D eigenvalue weighted by Crippen LogP contribution is 2.45. The fourth-order valence-electron chi connectivity index (χ4n) is 1.51. The van der Waals surface area contributed by atoms with E-state index in [2.05, 4.69) is 5.32 Å². The topological polar surface area (TPSA) is 49.3 Å². The van der Waals surface area contributed by atoms with Crippen molar-refractivity contribution in [1.29, 1.82) is 0 Å². The summed E-state index contributed by atoms with van der Waals surface area (Å²) >= 11 is 0. The highest BCUT2D eigenvalue weighted by atomic mass is 19.1. The molecule has 0 unspecified atom stereocenters. The average Bonchev–Trinajstić information content (AvgIpc) is 2.97. The number of carboxylic acid groups (broad SMARTS) is 1. The monoisotopic (exact) mass is 227 g/mol. The van der Waals surface area contributed by atoms with Gasteiger partial charge in [0.15, 0.2) is 0 Å². The molecule has 5 heteroatoms. The Morgan fingerprint density at radius 3 is 2.62 bits per heavy atom. The highest BCUT2D eigenvalue weighted by Gasteiger charge is 2.50. The van der Waals surface area contributed by atoms with Gasteiger partial charge in [-0.3, -0.25) is 4.79 Å². The van der Waals surface area contributed by atoms with Crippen molar-refractivity contribution in [2.24, 2.45) is 5.41 Å². The molecule has 0 atom stereocenters. The van der Waals surface area contributed by atoms with Gasteiger partial charge in [-0.15, -0.1) is 0 Å². The number of rotatable bonds is 4. The fourth-order valence-corrected chi connectivity index (χ4v) is 1.51. The summed E-state index contributed by atoms with van der Waals surface area (Å²) in [6.07, 6.45) is 1.19. The normalized spacial score (nSPS) is 16.9. The van der Waals surface area contributed by atoms with E-state index in [0.29, 0.717) is 12.8 Å². The molecule has 1 aliphatic rings. The van der Waals surface area contributed by atoms with Gasteiger partial charge in [-0.05, 0) is 25.0 Å². The maximum Gasteiger partial charge on any atom is 0.311 e. The molecule has 1 aromatic rings. The fraction of sp³-hybridized carbons (Fsp3) is 0.364. The first kappa shape index (κ1) is 10.9. The molecular formula is C11H11F2NO2. The van der Waals surface area contributed by atoms with Crippen molar-refractivity contribution in [1.82, 2.24) is 0 Å². The van der Waals surface area contributed by atoms with Crippen LogP contribution in [0.5, 0.6) is 0 Å². The lowest BCUT2D eigenvalue weighted by atomic mass is 10.1. The minimum absolute atomic E-state index is 0.133. The standard InChI is InChI=1S/C11H11F2NO2/c12-7-1-2-9(8(13)5-7)14-6-11(3-4-11)10(15)16/h1-2,5,14H,3-4,6H2,(H,15,16). The van der Waals surface area contributed by atoms with Gasteiger partial charge in [-0.2, -0.15) is 0 Å². The Morgan fingerprint density at radius 2 is 2.12 bits per heavy atom. The van der Waals surface area contributed by atoms with Gasteiger partial charge in [0.05, 0.1) is 11.1 Å². The predicted molar refractivity (Wildman–Crippen MR) is 54.2 cm³/mol. The number of carbonyl (C=O) groups is 1. The van der Waals surface area contributed by atoms with Gasteiger partial charge in [0.25, 0.3) is 0 Å². The number of carboxylic acids is 1. The maximum absolute atomic E-state index is 13.2. The minimum atomic E-state index is -0.873. The Kier molecular flexibility index (Phi) is 2.53. The summed E-state index contributed by atoms with van der Waals surface area (Å²) in [6.45, 7) is 0.172. The first-order valence-electron chi connectivity index (χ1n) is 4.96. The summed E-state index contributed by atoms with van der Waals surface area (Å²) < 4.78 is 25.8. The lowest BCUT2D eigenvalue weighted by Gasteiger charge is -2.12. The SMILES string of the molecule is O=C(O)C1(CNc2ccc(F)cc2F)CC1. The highest BCUT2D eigenvalue weighted by molar-refractivity contribution is 5.78. The van der Waals surface area contributed by atoms with Crippen LogP contribution in [0.15, 0.2) is 18.2 Å². The van der Waals surface area contributed by atoms with Crippen LogP contribution in [0.1, 0.15) is 12.8 Å². The van der Waals surface area contributed by atoms with Crippen molar-refractivity contribution in [3.8, 4) is 0 Å². The second-order valence-electron chi connectivity index (χ2n) is 4.06. The molecule has 3 nitrogen and oxygen atoms in total. The quantitative estimate of drug-likeness (QED) is 0.829. The van der Waals surface area contributed by atoms with E-state index < -0.39 is 23.0 Å². The van der Waals surface area contributed by atoms with Crippen molar-refractivity contribution >= 4 is 11.7 Å². The lowest BCUT2D eigenvalue weighted by molar-refractivity contribution is -0.142. The largest absolute Gasteiger partial charge is 0.481 e. The molecule has 0 aliphatic heterocycles. The van der Waals surface area contributed by atoms with Gasteiger partial charge in [-0.1, -0.05) is 0 Å². The van der Waals surface area contributed by atoms with Crippen LogP contribution in [0.4, 0.5) is 14.5 Å². The molecule has 0 amide bonds. The average molecular weight is 227 g/mol. The Morgan fingerprint density at radius 1 is 1.44 bits per heavy atom. The summed E-state index contributed by atoms with van der Waals surface area (Å²) in [6, 6.07) is 3.16. The van der Waals surface area contributed by atoms with Crippen LogP contribution in [0.3, 0.4) is 0 Å². The van der Waals surface area contributed by atoms with Gasteiger partial charge < -0.3 is 10.4 Å².